The first-order valence-corrected chi connectivity index (χ1v) is 7.61. The average Bonchev–Trinajstić information content (AvgIpc) is 2.37. The molecule has 3 nitrogen and oxygen atoms in total. The van der Waals surface area contributed by atoms with Gasteiger partial charge < -0.3 is 4.74 Å². The second-order valence-electron chi connectivity index (χ2n) is 3.84. The van der Waals surface area contributed by atoms with Gasteiger partial charge in [0, 0.05) is 10.7 Å². The Morgan fingerprint density at radius 3 is 2.21 bits per heavy atom. The Morgan fingerprint density at radius 1 is 1.05 bits per heavy atom. The van der Waals surface area contributed by atoms with E-state index in [4.69, 9.17) is 15.4 Å². The van der Waals surface area contributed by atoms with Crippen molar-refractivity contribution in [2.75, 3.05) is 7.11 Å². The van der Waals surface area contributed by atoms with Crippen LogP contribution in [0.4, 0.5) is 4.39 Å². The van der Waals surface area contributed by atoms with Crippen LogP contribution in [0.5, 0.6) is 5.75 Å². The van der Waals surface area contributed by atoms with Crippen molar-refractivity contribution in [1.29, 1.82) is 0 Å². The third-order valence-electron chi connectivity index (χ3n) is 2.58. The van der Waals surface area contributed by atoms with E-state index in [1.54, 1.807) is 24.3 Å². The van der Waals surface area contributed by atoms with E-state index in [1.165, 1.54) is 19.2 Å². The third kappa shape index (κ3) is 3.24. The summed E-state index contributed by atoms with van der Waals surface area (Å²) in [6.45, 7) is 0. The summed E-state index contributed by atoms with van der Waals surface area (Å²) in [5.74, 6) is -0.00196. The molecule has 0 N–H and O–H groups in total. The van der Waals surface area contributed by atoms with Gasteiger partial charge in [-0.2, -0.15) is 0 Å². The fraction of sp³-hybridized carbons (Fsp3) is 0.0769. The average molecular weight is 301 g/mol. The van der Waals surface area contributed by atoms with Crippen LogP contribution >= 0.6 is 10.7 Å². The third-order valence-corrected chi connectivity index (χ3v) is 3.91. The Bertz CT molecular complexity index is 696. The van der Waals surface area contributed by atoms with E-state index in [1.807, 2.05) is 0 Å². The lowest BCUT2D eigenvalue weighted by atomic mass is 10.1. The molecule has 0 fully saturated rings. The quantitative estimate of drug-likeness (QED) is 0.816. The molecule has 0 heterocycles. The van der Waals surface area contributed by atoms with Gasteiger partial charge in [-0.15, -0.1) is 0 Å². The van der Waals surface area contributed by atoms with E-state index < -0.39 is 14.9 Å². The highest BCUT2D eigenvalue weighted by Crippen LogP contribution is 2.27. The second-order valence-corrected chi connectivity index (χ2v) is 6.41. The summed E-state index contributed by atoms with van der Waals surface area (Å²) in [6, 6.07) is 10.3. The smallest absolute Gasteiger partial charge is 0.261 e. The van der Waals surface area contributed by atoms with Crippen LogP contribution in [0.2, 0.25) is 0 Å². The maximum atomic E-state index is 13.4. The molecule has 0 atom stereocenters. The van der Waals surface area contributed by atoms with E-state index in [9.17, 15) is 12.8 Å². The zero-order chi connectivity index (χ0) is 14.0. The Kier molecular flexibility index (Phi) is 3.78. The van der Waals surface area contributed by atoms with Crippen molar-refractivity contribution in [2.24, 2.45) is 0 Å². The molecule has 0 bridgehead atoms. The second kappa shape index (κ2) is 5.19. The van der Waals surface area contributed by atoms with Crippen LogP contribution in [0.25, 0.3) is 11.1 Å². The number of hydrogen-bond acceptors (Lipinski definition) is 3. The van der Waals surface area contributed by atoms with Crippen molar-refractivity contribution in [1.82, 2.24) is 0 Å². The lowest BCUT2D eigenvalue weighted by Gasteiger charge is -2.06. The predicted octanol–water partition coefficient (Wildman–Crippen LogP) is 3.43. The number of rotatable bonds is 3. The van der Waals surface area contributed by atoms with Gasteiger partial charge in [0.1, 0.15) is 11.6 Å². The van der Waals surface area contributed by atoms with Gasteiger partial charge in [0.25, 0.3) is 9.05 Å². The first kappa shape index (κ1) is 13.8. The first-order valence-electron chi connectivity index (χ1n) is 5.30. The summed E-state index contributed by atoms with van der Waals surface area (Å²) in [7, 11) is 2.80. The molecule has 100 valence electrons. The lowest BCUT2D eigenvalue weighted by Crippen LogP contribution is -1.93. The van der Waals surface area contributed by atoms with Gasteiger partial charge in [-0.1, -0.05) is 12.1 Å². The van der Waals surface area contributed by atoms with Crippen LogP contribution in [0, 0.1) is 5.82 Å². The molecule has 2 aromatic carbocycles. The minimum absolute atomic E-state index is 0.264. The Morgan fingerprint density at radius 2 is 1.68 bits per heavy atom. The molecular weight excluding hydrogens is 291 g/mol. The topological polar surface area (TPSA) is 43.4 Å². The molecule has 19 heavy (non-hydrogen) atoms. The number of ether oxygens (including phenoxy) is 1. The SMILES string of the molecule is COc1ccc(-c2cc(F)cc(S(=O)(=O)Cl)c2)cc1. The predicted molar refractivity (Wildman–Crippen MR) is 71.4 cm³/mol. The first-order chi connectivity index (χ1) is 8.90. The van der Waals surface area contributed by atoms with Crippen molar-refractivity contribution in [3.63, 3.8) is 0 Å². The summed E-state index contributed by atoms with van der Waals surface area (Å²) in [5.41, 5.74) is 1.10. The molecule has 0 saturated heterocycles. The van der Waals surface area contributed by atoms with Gasteiger partial charge in [-0.3, -0.25) is 0 Å². The van der Waals surface area contributed by atoms with E-state index in [-0.39, 0.29) is 4.90 Å². The monoisotopic (exact) mass is 300 g/mol. The lowest BCUT2D eigenvalue weighted by molar-refractivity contribution is 0.415. The highest BCUT2D eigenvalue weighted by molar-refractivity contribution is 8.13. The Balaban J connectivity index is 2.52. The van der Waals surface area contributed by atoms with Gasteiger partial charge in [0.15, 0.2) is 0 Å². The maximum Gasteiger partial charge on any atom is 0.261 e. The summed E-state index contributed by atoms with van der Waals surface area (Å²) < 4.78 is 41.0. The Labute approximate surface area is 115 Å². The van der Waals surface area contributed by atoms with Crippen LogP contribution in [-0.4, -0.2) is 15.5 Å². The highest BCUT2D eigenvalue weighted by atomic mass is 35.7. The van der Waals surface area contributed by atoms with Gasteiger partial charge in [-0.25, -0.2) is 12.8 Å². The summed E-state index contributed by atoms with van der Waals surface area (Å²) >= 11 is 0. The maximum absolute atomic E-state index is 13.4. The van der Waals surface area contributed by atoms with Gasteiger partial charge in [0.05, 0.1) is 12.0 Å². The molecule has 0 spiro atoms. The number of benzene rings is 2. The number of halogens is 2. The minimum atomic E-state index is -3.96. The molecule has 0 aliphatic heterocycles. The van der Waals surface area contributed by atoms with E-state index in [0.29, 0.717) is 16.9 Å². The molecule has 0 aromatic heterocycles. The van der Waals surface area contributed by atoms with Crippen molar-refractivity contribution in [3.8, 4) is 16.9 Å². The van der Waals surface area contributed by atoms with Crippen LogP contribution in [0.15, 0.2) is 47.4 Å². The summed E-state index contributed by atoms with van der Waals surface area (Å²) in [6.07, 6.45) is 0. The summed E-state index contributed by atoms with van der Waals surface area (Å²) in [4.78, 5) is -0.264. The van der Waals surface area contributed by atoms with Gasteiger partial charge >= 0.3 is 0 Å². The normalized spacial score (nSPS) is 11.3. The molecule has 0 aliphatic carbocycles. The fourth-order valence-corrected chi connectivity index (χ4v) is 2.44. The van der Waals surface area contributed by atoms with E-state index in [2.05, 4.69) is 0 Å². The van der Waals surface area contributed by atoms with Gasteiger partial charge in [-0.05, 0) is 41.5 Å². The zero-order valence-electron chi connectivity index (χ0n) is 9.93. The summed E-state index contributed by atoms with van der Waals surface area (Å²) in [5, 5.41) is 0. The van der Waals surface area contributed by atoms with Crippen LogP contribution < -0.4 is 4.74 Å². The number of methoxy groups -OCH3 is 1. The minimum Gasteiger partial charge on any atom is -0.497 e. The van der Waals surface area contributed by atoms with Crippen molar-refractivity contribution in [2.45, 2.75) is 4.90 Å². The van der Waals surface area contributed by atoms with Gasteiger partial charge in [0.2, 0.25) is 0 Å². The molecule has 0 unspecified atom stereocenters. The van der Waals surface area contributed by atoms with Crippen LogP contribution in [-0.2, 0) is 9.05 Å². The van der Waals surface area contributed by atoms with E-state index >= 15 is 0 Å². The molecule has 2 aromatic rings. The fourth-order valence-electron chi connectivity index (χ4n) is 1.65. The highest BCUT2D eigenvalue weighted by Gasteiger charge is 2.13. The van der Waals surface area contributed by atoms with E-state index in [0.717, 1.165) is 6.07 Å². The molecule has 0 aliphatic rings. The van der Waals surface area contributed by atoms with Crippen LogP contribution in [0.1, 0.15) is 0 Å². The molecule has 2 rings (SSSR count). The van der Waals surface area contributed by atoms with Crippen LogP contribution in [0.3, 0.4) is 0 Å². The largest absolute Gasteiger partial charge is 0.497 e. The molecule has 0 amide bonds. The van der Waals surface area contributed by atoms with Crippen molar-refractivity contribution < 1.29 is 17.5 Å². The number of hydrogen-bond donors (Lipinski definition) is 0. The standard InChI is InChI=1S/C13H10ClFO3S/c1-18-12-4-2-9(3-5-12)10-6-11(15)8-13(7-10)19(14,16)17/h2-8H,1H3. The van der Waals surface area contributed by atoms with Crippen molar-refractivity contribution >= 4 is 19.7 Å². The molecular formula is C13H10ClFO3S. The van der Waals surface area contributed by atoms with Crippen molar-refractivity contribution in [3.05, 3.63) is 48.3 Å². The molecule has 0 radical (unpaired) electrons. The molecule has 0 saturated carbocycles. The Hall–Kier alpha value is -1.59. The zero-order valence-corrected chi connectivity index (χ0v) is 11.5. The molecule has 6 heteroatoms.